The molecular weight excluding hydrogens is 466 g/mol. The molecule has 0 bridgehead atoms. The van der Waals surface area contributed by atoms with Crippen LogP contribution in [0.5, 0.6) is 5.75 Å². The Hall–Kier alpha value is -2.41. The van der Waals surface area contributed by atoms with Crippen molar-refractivity contribution >= 4 is 17.7 Å². The van der Waals surface area contributed by atoms with Crippen LogP contribution in [-0.2, 0) is 16.1 Å². The number of imide groups is 1. The first-order valence-corrected chi connectivity index (χ1v) is 14.7. The SMILES string of the molecule is O=C1CCC(N2Cc3c(OCCCCCCCCNC45CC6CC7CC(C4)C765)cccc3C2=O)C(=O)N1. The fraction of sp³-hybridized carbons (Fsp3) is 0.700. The van der Waals surface area contributed by atoms with Crippen molar-refractivity contribution in [2.45, 2.75) is 95.2 Å². The zero-order valence-electron chi connectivity index (χ0n) is 21.7. The minimum Gasteiger partial charge on any atom is -0.493 e. The van der Waals surface area contributed by atoms with Crippen LogP contribution in [0.15, 0.2) is 18.2 Å². The molecule has 7 rings (SSSR count). The van der Waals surface area contributed by atoms with Crippen LogP contribution in [0.25, 0.3) is 0 Å². The standard InChI is InChI=1S/C30H39N3O4/c34-26-11-10-24(27(35)32-26)33-18-23-22(28(33)36)8-7-9-25(23)37-13-6-4-2-1-3-5-12-31-29-16-20-14-19-15-21(17-29)30(19,20)29/h7-9,19-21,24,31H,1-6,10-18H2,(H,32,34,35). The van der Waals surface area contributed by atoms with Crippen LogP contribution in [0.3, 0.4) is 0 Å². The molecule has 1 saturated heterocycles. The molecule has 3 atom stereocenters. The zero-order chi connectivity index (χ0) is 25.2. The summed E-state index contributed by atoms with van der Waals surface area (Å²) >= 11 is 0. The number of rotatable bonds is 12. The molecule has 4 aliphatic carbocycles. The van der Waals surface area contributed by atoms with E-state index in [9.17, 15) is 14.4 Å². The van der Waals surface area contributed by atoms with Crippen LogP contribution in [0.4, 0.5) is 0 Å². The first-order valence-electron chi connectivity index (χ1n) is 14.7. The van der Waals surface area contributed by atoms with Crippen LogP contribution in [0.1, 0.15) is 93.0 Å². The average molecular weight is 506 g/mol. The number of nitrogens with zero attached hydrogens (tertiary/aromatic N) is 1. The Labute approximate surface area is 219 Å². The third-order valence-corrected chi connectivity index (χ3v) is 11.0. The molecule has 0 aromatic heterocycles. The Bertz CT molecular complexity index is 1110. The minimum atomic E-state index is -0.593. The maximum Gasteiger partial charge on any atom is 0.255 e. The van der Waals surface area contributed by atoms with Crippen LogP contribution >= 0.6 is 0 Å². The number of piperidine rings is 1. The Kier molecular flexibility index (Phi) is 5.65. The summed E-state index contributed by atoms with van der Waals surface area (Å²) in [7, 11) is 0. The summed E-state index contributed by atoms with van der Waals surface area (Å²) in [5, 5.41) is 6.37. The second kappa shape index (κ2) is 8.82. The van der Waals surface area contributed by atoms with Gasteiger partial charge in [0.2, 0.25) is 11.8 Å². The number of fused-ring (bicyclic) bond motifs is 1. The lowest BCUT2D eigenvalue weighted by molar-refractivity contribution is -0.397. The van der Waals surface area contributed by atoms with Crippen LogP contribution < -0.4 is 15.4 Å². The van der Waals surface area contributed by atoms with Gasteiger partial charge in [0, 0.05) is 23.1 Å². The van der Waals surface area contributed by atoms with Gasteiger partial charge in [-0.05, 0) is 86.8 Å². The van der Waals surface area contributed by atoms with E-state index in [0.29, 0.717) is 30.7 Å². The van der Waals surface area contributed by atoms with Gasteiger partial charge in [-0.15, -0.1) is 0 Å². The predicted molar refractivity (Wildman–Crippen MR) is 138 cm³/mol. The molecule has 4 saturated carbocycles. The van der Waals surface area contributed by atoms with Crippen molar-refractivity contribution in [3.63, 3.8) is 0 Å². The van der Waals surface area contributed by atoms with Gasteiger partial charge >= 0.3 is 0 Å². The Morgan fingerprint density at radius 2 is 1.73 bits per heavy atom. The van der Waals surface area contributed by atoms with E-state index in [1.165, 1.54) is 57.9 Å². The van der Waals surface area contributed by atoms with Crippen molar-refractivity contribution < 1.29 is 19.1 Å². The monoisotopic (exact) mass is 505 g/mol. The molecular formula is C30H39N3O4. The number of hydrogen-bond acceptors (Lipinski definition) is 5. The predicted octanol–water partition coefficient (Wildman–Crippen LogP) is 3.95. The highest BCUT2D eigenvalue weighted by atomic mass is 16.5. The number of hydrogen-bond donors (Lipinski definition) is 2. The van der Waals surface area contributed by atoms with Crippen molar-refractivity contribution in [2.24, 2.45) is 23.2 Å². The second-order valence-electron chi connectivity index (χ2n) is 12.6. The van der Waals surface area contributed by atoms with Crippen molar-refractivity contribution in [3.05, 3.63) is 29.3 Å². The van der Waals surface area contributed by atoms with E-state index in [4.69, 9.17) is 4.74 Å². The molecule has 2 N–H and O–H groups in total. The summed E-state index contributed by atoms with van der Waals surface area (Å²) in [5.41, 5.74) is 2.83. The highest BCUT2D eigenvalue weighted by Crippen LogP contribution is 2.89. The lowest BCUT2D eigenvalue weighted by atomic mass is 9.15. The van der Waals surface area contributed by atoms with Crippen molar-refractivity contribution in [1.29, 1.82) is 0 Å². The molecule has 3 amide bonds. The molecule has 198 valence electrons. The first-order chi connectivity index (χ1) is 18.0. The number of unbranched alkanes of at least 4 members (excludes halogenated alkanes) is 5. The molecule has 37 heavy (non-hydrogen) atoms. The van der Waals surface area contributed by atoms with Crippen LogP contribution in [0.2, 0.25) is 0 Å². The fourth-order valence-electron chi connectivity index (χ4n) is 9.37. The highest BCUT2D eigenvalue weighted by molar-refractivity contribution is 6.05. The smallest absolute Gasteiger partial charge is 0.255 e. The molecule has 7 nitrogen and oxygen atoms in total. The van der Waals surface area contributed by atoms with E-state index in [2.05, 4.69) is 10.6 Å². The van der Waals surface area contributed by atoms with E-state index in [0.717, 1.165) is 47.3 Å². The molecule has 5 fully saturated rings. The van der Waals surface area contributed by atoms with Gasteiger partial charge in [-0.2, -0.15) is 0 Å². The minimum absolute atomic E-state index is 0.155. The summed E-state index contributed by atoms with van der Waals surface area (Å²) in [6.45, 7) is 2.19. The molecule has 1 aromatic rings. The lowest BCUT2D eigenvalue weighted by Crippen LogP contribution is -2.92. The summed E-state index contributed by atoms with van der Waals surface area (Å²) in [5.74, 6) is 3.19. The van der Waals surface area contributed by atoms with E-state index in [1.807, 2.05) is 12.1 Å². The molecule has 3 unspecified atom stereocenters. The molecule has 6 aliphatic rings. The molecule has 2 aliphatic heterocycles. The topological polar surface area (TPSA) is 87.7 Å². The molecule has 7 heteroatoms. The van der Waals surface area contributed by atoms with Gasteiger partial charge in [-0.1, -0.05) is 31.7 Å². The second-order valence-corrected chi connectivity index (χ2v) is 12.6. The Balaban J connectivity index is 0.795. The van der Waals surface area contributed by atoms with Gasteiger partial charge in [-0.3, -0.25) is 19.7 Å². The van der Waals surface area contributed by atoms with E-state index in [-0.39, 0.29) is 24.1 Å². The quantitative estimate of drug-likeness (QED) is 0.332. The summed E-state index contributed by atoms with van der Waals surface area (Å²) in [6.07, 6.45) is 13.9. The fourth-order valence-corrected chi connectivity index (χ4v) is 9.37. The third-order valence-electron chi connectivity index (χ3n) is 11.0. The number of carbonyl (C=O) groups is 3. The number of nitrogens with one attached hydrogen (secondary N) is 2. The number of benzene rings is 1. The van der Waals surface area contributed by atoms with Gasteiger partial charge in [0.15, 0.2) is 0 Å². The maximum atomic E-state index is 12.9. The van der Waals surface area contributed by atoms with E-state index >= 15 is 0 Å². The van der Waals surface area contributed by atoms with Crippen molar-refractivity contribution in [1.82, 2.24) is 15.5 Å². The zero-order valence-corrected chi connectivity index (χ0v) is 21.7. The highest BCUT2D eigenvalue weighted by Gasteiger charge is 2.87. The number of carbonyl (C=O) groups excluding carboxylic acids is 3. The molecule has 2 heterocycles. The van der Waals surface area contributed by atoms with Crippen molar-refractivity contribution in [3.8, 4) is 5.75 Å². The Morgan fingerprint density at radius 1 is 0.973 bits per heavy atom. The van der Waals surface area contributed by atoms with Gasteiger partial charge in [0.25, 0.3) is 5.91 Å². The lowest BCUT2D eigenvalue weighted by Gasteiger charge is -2.91. The summed E-state index contributed by atoms with van der Waals surface area (Å²) in [6, 6.07) is 4.96. The first kappa shape index (κ1) is 23.7. The van der Waals surface area contributed by atoms with Gasteiger partial charge < -0.3 is 15.0 Å². The molecule has 1 aromatic carbocycles. The number of ether oxygens (including phenoxy) is 1. The Morgan fingerprint density at radius 3 is 2.46 bits per heavy atom. The van der Waals surface area contributed by atoms with Crippen LogP contribution in [-0.4, -0.2) is 47.4 Å². The van der Waals surface area contributed by atoms with Crippen LogP contribution in [0, 0.1) is 23.2 Å². The largest absolute Gasteiger partial charge is 0.493 e. The maximum absolute atomic E-state index is 12.9. The van der Waals surface area contributed by atoms with Crippen molar-refractivity contribution in [2.75, 3.05) is 13.2 Å². The molecule has 0 radical (unpaired) electrons. The number of amides is 3. The summed E-state index contributed by atoms with van der Waals surface area (Å²) in [4.78, 5) is 38.3. The summed E-state index contributed by atoms with van der Waals surface area (Å²) < 4.78 is 6.09. The van der Waals surface area contributed by atoms with Gasteiger partial charge in [-0.25, -0.2) is 0 Å². The third kappa shape index (κ3) is 3.38. The normalized spacial score (nSPS) is 36.3. The van der Waals surface area contributed by atoms with Gasteiger partial charge in [0.1, 0.15) is 11.8 Å². The molecule has 1 spiro atoms. The van der Waals surface area contributed by atoms with E-state index in [1.54, 1.807) is 11.0 Å². The van der Waals surface area contributed by atoms with Gasteiger partial charge in [0.05, 0.1) is 13.2 Å². The van der Waals surface area contributed by atoms with E-state index < -0.39 is 6.04 Å². The average Bonchev–Trinajstić information content (AvgIpc) is 3.17.